The van der Waals surface area contributed by atoms with E-state index in [-0.39, 0.29) is 5.54 Å². The number of hydrogen-bond acceptors (Lipinski definition) is 5. The predicted octanol–water partition coefficient (Wildman–Crippen LogP) is 2.15. The van der Waals surface area contributed by atoms with Gasteiger partial charge in [0.2, 0.25) is 0 Å². The van der Waals surface area contributed by atoms with Crippen LogP contribution in [0.3, 0.4) is 0 Å². The van der Waals surface area contributed by atoms with Crippen molar-refractivity contribution in [3.05, 3.63) is 5.82 Å². The molecule has 2 rings (SSSR count). The molecule has 0 spiro atoms. The molecule has 126 valence electrons. The Balaban J connectivity index is 2.28. The van der Waals surface area contributed by atoms with E-state index in [2.05, 4.69) is 71.7 Å². The van der Waals surface area contributed by atoms with Crippen LogP contribution in [0.4, 0.5) is 0 Å². The summed E-state index contributed by atoms with van der Waals surface area (Å²) in [5.74, 6) is 1.66. The highest BCUT2D eigenvalue weighted by Gasteiger charge is 2.32. The van der Waals surface area contributed by atoms with Gasteiger partial charge in [-0.05, 0) is 50.1 Å². The molecule has 6 heteroatoms. The maximum Gasteiger partial charge on any atom is 0.168 e. The minimum Gasteiger partial charge on any atom is -0.304 e. The summed E-state index contributed by atoms with van der Waals surface area (Å²) >= 11 is 0. The average molecular weight is 308 g/mol. The summed E-state index contributed by atoms with van der Waals surface area (Å²) in [6, 6.07) is 0.314. The van der Waals surface area contributed by atoms with Gasteiger partial charge in [0.15, 0.2) is 5.82 Å². The molecule has 1 saturated heterocycles. The summed E-state index contributed by atoms with van der Waals surface area (Å²) in [7, 11) is 2.19. The molecule has 22 heavy (non-hydrogen) atoms. The number of aromatic nitrogens is 4. The van der Waals surface area contributed by atoms with E-state index in [0.717, 1.165) is 44.8 Å². The Kier molecular flexibility index (Phi) is 5.55. The number of hydrogen-bond donors (Lipinski definition) is 0. The Morgan fingerprint density at radius 3 is 2.32 bits per heavy atom. The summed E-state index contributed by atoms with van der Waals surface area (Å²) < 4.78 is 2.05. The van der Waals surface area contributed by atoms with Crippen LogP contribution in [0, 0.1) is 5.92 Å². The van der Waals surface area contributed by atoms with Crippen LogP contribution in [0.25, 0.3) is 0 Å². The second kappa shape index (κ2) is 7.04. The third-order valence-corrected chi connectivity index (χ3v) is 4.90. The Morgan fingerprint density at radius 1 is 1.14 bits per heavy atom. The highest BCUT2D eigenvalue weighted by molar-refractivity contribution is 4.98. The highest BCUT2D eigenvalue weighted by atomic mass is 15.6. The van der Waals surface area contributed by atoms with Gasteiger partial charge in [-0.1, -0.05) is 20.8 Å². The van der Waals surface area contributed by atoms with E-state index in [9.17, 15) is 0 Å². The Labute approximate surface area is 134 Å². The van der Waals surface area contributed by atoms with Gasteiger partial charge in [-0.25, -0.2) is 4.68 Å². The van der Waals surface area contributed by atoms with Gasteiger partial charge in [-0.2, -0.15) is 0 Å². The highest BCUT2D eigenvalue weighted by Crippen LogP contribution is 2.30. The van der Waals surface area contributed by atoms with Crippen molar-refractivity contribution in [1.29, 1.82) is 0 Å². The zero-order chi connectivity index (χ0) is 16.3. The second-order valence-corrected chi connectivity index (χ2v) is 7.60. The van der Waals surface area contributed by atoms with Crippen LogP contribution in [-0.2, 0) is 5.54 Å². The van der Waals surface area contributed by atoms with Crippen molar-refractivity contribution in [2.45, 2.75) is 59.0 Å². The van der Waals surface area contributed by atoms with Crippen LogP contribution in [0.15, 0.2) is 0 Å². The molecule has 6 nitrogen and oxygen atoms in total. The van der Waals surface area contributed by atoms with Crippen LogP contribution < -0.4 is 0 Å². The van der Waals surface area contributed by atoms with E-state index < -0.39 is 0 Å². The molecule has 2 heterocycles. The molecule has 0 unspecified atom stereocenters. The van der Waals surface area contributed by atoms with Crippen LogP contribution in [-0.4, -0.2) is 63.2 Å². The molecule has 0 bridgehead atoms. The molecule has 1 aliphatic heterocycles. The zero-order valence-electron chi connectivity index (χ0n) is 15.1. The lowest BCUT2D eigenvalue weighted by Crippen LogP contribution is -2.47. The molecule has 1 aromatic rings. The quantitative estimate of drug-likeness (QED) is 0.806. The van der Waals surface area contributed by atoms with Gasteiger partial charge in [0.25, 0.3) is 0 Å². The first-order chi connectivity index (χ1) is 10.3. The van der Waals surface area contributed by atoms with Crippen LogP contribution in [0.5, 0.6) is 0 Å². The van der Waals surface area contributed by atoms with E-state index in [1.54, 1.807) is 0 Å². The van der Waals surface area contributed by atoms with Crippen LogP contribution in [0.1, 0.15) is 59.3 Å². The lowest BCUT2D eigenvalue weighted by molar-refractivity contribution is 0.0892. The number of rotatable bonds is 6. The lowest BCUT2D eigenvalue weighted by atomic mass is 9.98. The molecule has 1 aromatic heterocycles. The largest absolute Gasteiger partial charge is 0.304 e. The van der Waals surface area contributed by atoms with Crippen LogP contribution in [0.2, 0.25) is 0 Å². The average Bonchev–Trinajstić information content (AvgIpc) is 2.95. The minimum atomic E-state index is -0.0410. The molecule has 0 amide bonds. The number of nitrogens with zero attached hydrogens (tertiary/aromatic N) is 6. The molecule has 0 radical (unpaired) electrons. The van der Waals surface area contributed by atoms with Gasteiger partial charge in [0.05, 0.1) is 11.6 Å². The van der Waals surface area contributed by atoms with Crippen molar-refractivity contribution < 1.29 is 0 Å². The first kappa shape index (κ1) is 17.3. The number of piperazine rings is 1. The number of tetrazole rings is 1. The Hall–Kier alpha value is -1.01. The number of likely N-dealkylation sites (N-methyl/N-ethyl adjacent to an activating group) is 1. The Bertz CT molecular complexity index is 459. The van der Waals surface area contributed by atoms with E-state index >= 15 is 0 Å². The van der Waals surface area contributed by atoms with E-state index in [1.165, 1.54) is 0 Å². The smallest absolute Gasteiger partial charge is 0.168 e. The van der Waals surface area contributed by atoms with Crippen molar-refractivity contribution >= 4 is 0 Å². The summed E-state index contributed by atoms with van der Waals surface area (Å²) in [6.45, 7) is 15.6. The van der Waals surface area contributed by atoms with Gasteiger partial charge < -0.3 is 4.90 Å². The topological polar surface area (TPSA) is 50.1 Å². The van der Waals surface area contributed by atoms with Gasteiger partial charge in [0, 0.05) is 26.2 Å². The molecule has 1 fully saturated rings. The Morgan fingerprint density at radius 2 is 1.77 bits per heavy atom. The molecule has 0 aromatic carbocycles. The zero-order valence-corrected chi connectivity index (χ0v) is 15.1. The molecule has 0 N–H and O–H groups in total. The fraction of sp³-hybridized carbons (Fsp3) is 0.938. The van der Waals surface area contributed by atoms with Gasteiger partial charge in [0.1, 0.15) is 0 Å². The standard InChI is InChI=1S/C16H32N6/c1-7-16(4,5)22-15(17-18-19-22)14(12-13(2)3)21-10-8-20(6)9-11-21/h13-14H,7-12H2,1-6H3/t14-/m0/s1. The summed E-state index contributed by atoms with van der Waals surface area (Å²) in [5.41, 5.74) is -0.0410. The molecule has 0 aliphatic carbocycles. The van der Waals surface area contributed by atoms with Crippen molar-refractivity contribution in [3.8, 4) is 0 Å². The third kappa shape index (κ3) is 3.84. The lowest BCUT2D eigenvalue weighted by Gasteiger charge is -2.39. The summed E-state index contributed by atoms with van der Waals surface area (Å²) in [5, 5.41) is 12.7. The molecule has 1 atom stereocenters. The molecule has 0 saturated carbocycles. The monoisotopic (exact) mass is 308 g/mol. The summed E-state index contributed by atoms with van der Waals surface area (Å²) in [6.07, 6.45) is 2.12. The fourth-order valence-electron chi connectivity index (χ4n) is 2.98. The van der Waals surface area contributed by atoms with Gasteiger partial charge >= 0.3 is 0 Å². The fourth-order valence-corrected chi connectivity index (χ4v) is 2.98. The molecular weight excluding hydrogens is 276 g/mol. The predicted molar refractivity (Wildman–Crippen MR) is 88.7 cm³/mol. The maximum atomic E-state index is 4.42. The van der Waals surface area contributed by atoms with Crippen molar-refractivity contribution in [2.75, 3.05) is 33.2 Å². The second-order valence-electron chi connectivity index (χ2n) is 7.60. The van der Waals surface area contributed by atoms with Crippen molar-refractivity contribution in [3.63, 3.8) is 0 Å². The normalized spacial score (nSPS) is 19.8. The van der Waals surface area contributed by atoms with Crippen LogP contribution >= 0.6 is 0 Å². The van der Waals surface area contributed by atoms with Gasteiger partial charge in [-0.3, -0.25) is 4.90 Å². The third-order valence-electron chi connectivity index (χ3n) is 4.90. The molecular formula is C16H32N6. The SMILES string of the molecule is CCC(C)(C)n1nnnc1[C@H](CC(C)C)N1CCN(C)CC1. The van der Waals surface area contributed by atoms with Crippen molar-refractivity contribution in [2.24, 2.45) is 5.92 Å². The van der Waals surface area contributed by atoms with Gasteiger partial charge in [-0.15, -0.1) is 5.10 Å². The van der Waals surface area contributed by atoms with E-state index in [4.69, 9.17) is 0 Å². The van der Waals surface area contributed by atoms with Crippen molar-refractivity contribution in [1.82, 2.24) is 30.0 Å². The molecule has 1 aliphatic rings. The maximum absolute atomic E-state index is 4.42. The van der Waals surface area contributed by atoms with E-state index in [0.29, 0.717) is 12.0 Å². The minimum absolute atomic E-state index is 0.0410. The first-order valence-corrected chi connectivity index (χ1v) is 8.56. The van der Waals surface area contributed by atoms with E-state index in [1.807, 2.05) is 0 Å². The summed E-state index contributed by atoms with van der Waals surface area (Å²) in [4.78, 5) is 4.95. The first-order valence-electron chi connectivity index (χ1n) is 8.56.